The molecule has 0 aliphatic carbocycles. The van der Waals surface area contributed by atoms with Gasteiger partial charge in [0.05, 0.1) is 30.2 Å². The SMILES string of the molecule is COc1ccc2c(c1N)[C@](C)(C(=O)c1cc3c(cn1)[nH]c1ccccc13)C(=O)N2c1ccc(F)cc1. The van der Waals surface area contributed by atoms with Gasteiger partial charge >= 0.3 is 0 Å². The predicted octanol–water partition coefficient (Wildman–Crippen LogP) is 5.26. The number of nitrogen functional groups attached to an aromatic ring is 1. The highest BCUT2D eigenvalue weighted by Gasteiger charge is 2.55. The largest absolute Gasteiger partial charge is 0.495 e. The number of H-pyrrole nitrogens is 1. The Hall–Kier alpha value is -4.72. The van der Waals surface area contributed by atoms with E-state index in [-0.39, 0.29) is 11.4 Å². The summed E-state index contributed by atoms with van der Waals surface area (Å²) >= 11 is 0. The first-order valence-corrected chi connectivity index (χ1v) is 11.3. The van der Waals surface area contributed by atoms with E-state index in [0.717, 1.165) is 21.8 Å². The second kappa shape index (κ2) is 7.64. The van der Waals surface area contributed by atoms with Crippen molar-refractivity contribution < 1.29 is 18.7 Å². The minimum absolute atomic E-state index is 0.136. The number of hydrogen-bond acceptors (Lipinski definition) is 5. The maximum Gasteiger partial charge on any atom is 0.250 e. The van der Waals surface area contributed by atoms with Crippen molar-refractivity contribution in [2.75, 3.05) is 17.7 Å². The molecule has 3 heterocycles. The number of carbonyl (C=O) groups is 2. The number of nitrogens with zero attached hydrogens (tertiary/aromatic N) is 2. The third-order valence-electron chi connectivity index (χ3n) is 6.94. The molecule has 3 aromatic carbocycles. The van der Waals surface area contributed by atoms with E-state index in [1.54, 1.807) is 31.3 Å². The number of rotatable bonds is 4. The Morgan fingerprint density at radius 1 is 1.06 bits per heavy atom. The summed E-state index contributed by atoms with van der Waals surface area (Å²) in [4.78, 5) is 37.3. The molecule has 0 fully saturated rings. The molecule has 178 valence electrons. The third-order valence-corrected chi connectivity index (χ3v) is 6.94. The quantitative estimate of drug-likeness (QED) is 0.207. The summed E-state index contributed by atoms with van der Waals surface area (Å²) in [5.41, 5.74) is 8.01. The van der Waals surface area contributed by atoms with Crippen molar-refractivity contribution in [2.24, 2.45) is 0 Å². The number of pyridine rings is 1. The topological polar surface area (TPSA) is 101 Å². The maximum atomic E-state index is 14.1. The Morgan fingerprint density at radius 2 is 1.81 bits per heavy atom. The molecule has 0 bridgehead atoms. The summed E-state index contributed by atoms with van der Waals surface area (Å²) in [6.45, 7) is 1.55. The number of halogens is 1. The fourth-order valence-corrected chi connectivity index (χ4v) is 5.11. The third kappa shape index (κ3) is 2.87. The van der Waals surface area contributed by atoms with E-state index in [1.165, 1.54) is 36.3 Å². The normalized spacial score (nSPS) is 17.1. The van der Waals surface area contributed by atoms with Crippen LogP contribution < -0.4 is 15.4 Å². The zero-order chi connectivity index (χ0) is 25.2. The monoisotopic (exact) mass is 480 g/mol. The highest BCUT2D eigenvalue weighted by Crippen LogP contribution is 2.51. The molecule has 6 rings (SSSR count). The number of hydrogen-bond donors (Lipinski definition) is 2. The molecule has 7 nitrogen and oxygen atoms in total. The van der Waals surface area contributed by atoms with Crippen molar-refractivity contribution in [1.29, 1.82) is 0 Å². The average molecular weight is 480 g/mol. The molecule has 8 heteroatoms. The number of fused-ring (bicyclic) bond motifs is 4. The van der Waals surface area contributed by atoms with Crippen LogP contribution in [0, 0.1) is 5.82 Å². The van der Waals surface area contributed by atoms with Crippen LogP contribution in [0.3, 0.4) is 0 Å². The number of aromatic nitrogens is 2. The van der Waals surface area contributed by atoms with Gasteiger partial charge < -0.3 is 15.5 Å². The minimum Gasteiger partial charge on any atom is -0.495 e. The van der Waals surface area contributed by atoms with E-state index in [1.807, 2.05) is 24.3 Å². The summed E-state index contributed by atoms with van der Waals surface area (Å²) in [5, 5.41) is 1.77. The predicted molar refractivity (Wildman–Crippen MR) is 136 cm³/mol. The Kier molecular flexibility index (Phi) is 4.63. The van der Waals surface area contributed by atoms with Gasteiger partial charge in [0, 0.05) is 27.5 Å². The van der Waals surface area contributed by atoms with Crippen LogP contribution in [0.5, 0.6) is 5.75 Å². The number of Topliss-reactive ketones (excluding diaryl/α,β-unsaturated/α-hetero) is 1. The van der Waals surface area contributed by atoms with Crippen LogP contribution in [0.25, 0.3) is 21.8 Å². The van der Waals surface area contributed by atoms with Crippen LogP contribution in [0.1, 0.15) is 23.0 Å². The molecule has 3 N–H and O–H groups in total. The number of anilines is 3. The number of nitrogens with two attached hydrogens (primary N) is 1. The van der Waals surface area contributed by atoms with Crippen molar-refractivity contribution in [3.8, 4) is 5.75 Å². The minimum atomic E-state index is -1.69. The lowest BCUT2D eigenvalue weighted by molar-refractivity contribution is -0.120. The molecule has 1 amide bonds. The Balaban J connectivity index is 1.56. The van der Waals surface area contributed by atoms with Crippen LogP contribution in [0.2, 0.25) is 0 Å². The van der Waals surface area contributed by atoms with Gasteiger partial charge in [-0.1, -0.05) is 18.2 Å². The van der Waals surface area contributed by atoms with Crippen molar-refractivity contribution in [3.05, 3.63) is 90.0 Å². The first-order chi connectivity index (χ1) is 17.3. The standard InChI is InChI=1S/C28H21FN4O3/c1-28(26(34)20-13-18-17-5-3-4-6-19(17)32-21(18)14-31-20)24-22(11-12-23(36-2)25(24)30)33(27(28)35)16-9-7-15(29)8-10-16/h3-14,32H,30H2,1-2H3/t28-/m1/s1. The van der Waals surface area contributed by atoms with Crippen molar-refractivity contribution in [1.82, 2.24) is 9.97 Å². The second-order valence-electron chi connectivity index (χ2n) is 8.93. The van der Waals surface area contributed by atoms with Gasteiger partial charge in [0.1, 0.15) is 22.7 Å². The molecule has 0 unspecified atom stereocenters. The van der Waals surface area contributed by atoms with Crippen LogP contribution in [-0.2, 0) is 10.2 Å². The number of para-hydroxylation sites is 1. The van der Waals surface area contributed by atoms with Crippen LogP contribution in [0.4, 0.5) is 21.5 Å². The van der Waals surface area contributed by atoms with E-state index >= 15 is 0 Å². The summed E-state index contributed by atoms with van der Waals surface area (Å²) in [6, 6.07) is 18.3. The van der Waals surface area contributed by atoms with E-state index < -0.39 is 22.9 Å². The molecule has 0 spiro atoms. The summed E-state index contributed by atoms with van der Waals surface area (Å²) in [7, 11) is 1.47. The number of aromatic amines is 1. The van der Waals surface area contributed by atoms with Crippen LogP contribution in [0.15, 0.2) is 72.9 Å². The lowest BCUT2D eigenvalue weighted by Gasteiger charge is -2.23. The first-order valence-electron chi connectivity index (χ1n) is 11.3. The van der Waals surface area contributed by atoms with Gasteiger partial charge in [-0.15, -0.1) is 0 Å². The zero-order valence-electron chi connectivity index (χ0n) is 19.5. The van der Waals surface area contributed by atoms with Gasteiger partial charge in [0.2, 0.25) is 11.7 Å². The highest BCUT2D eigenvalue weighted by atomic mass is 19.1. The molecule has 1 atom stereocenters. The molecule has 0 saturated heterocycles. The Bertz CT molecular complexity index is 1710. The lowest BCUT2D eigenvalue weighted by atomic mass is 9.77. The van der Waals surface area contributed by atoms with E-state index in [2.05, 4.69) is 9.97 Å². The fraction of sp³-hybridized carbons (Fsp3) is 0.107. The number of methoxy groups -OCH3 is 1. The number of amides is 1. The summed E-state index contributed by atoms with van der Waals surface area (Å²) in [6.07, 6.45) is 1.60. The Morgan fingerprint density at radius 3 is 2.56 bits per heavy atom. The van der Waals surface area contributed by atoms with E-state index in [9.17, 15) is 14.0 Å². The second-order valence-corrected chi connectivity index (χ2v) is 8.93. The fourth-order valence-electron chi connectivity index (χ4n) is 5.11. The number of nitrogens with one attached hydrogen (secondary N) is 1. The molecule has 1 aliphatic heterocycles. The number of ether oxygens (including phenoxy) is 1. The van der Waals surface area contributed by atoms with E-state index in [0.29, 0.717) is 22.7 Å². The smallest absolute Gasteiger partial charge is 0.250 e. The lowest BCUT2D eigenvalue weighted by Crippen LogP contribution is -2.43. The number of carbonyl (C=O) groups excluding carboxylic acids is 2. The summed E-state index contributed by atoms with van der Waals surface area (Å²) in [5.74, 6) is -1.09. The molecule has 1 aliphatic rings. The molecule has 0 radical (unpaired) electrons. The van der Waals surface area contributed by atoms with Gasteiger partial charge in [-0.25, -0.2) is 4.39 Å². The van der Waals surface area contributed by atoms with Gasteiger partial charge in [0.25, 0.3) is 0 Å². The van der Waals surface area contributed by atoms with Crippen molar-refractivity contribution in [3.63, 3.8) is 0 Å². The van der Waals surface area contributed by atoms with Crippen LogP contribution >= 0.6 is 0 Å². The highest BCUT2D eigenvalue weighted by molar-refractivity contribution is 6.29. The number of benzene rings is 3. The Labute approximate surface area is 205 Å². The molecule has 0 saturated carbocycles. The maximum absolute atomic E-state index is 14.1. The molecule has 2 aromatic heterocycles. The van der Waals surface area contributed by atoms with E-state index in [4.69, 9.17) is 10.5 Å². The van der Waals surface area contributed by atoms with Gasteiger partial charge in [-0.2, -0.15) is 0 Å². The zero-order valence-corrected chi connectivity index (χ0v) is 19.5. The van der Waals surface area contributed by atoms with Crippen molar-refractivity contribution >= 4 is 50.6 Å². The first kappa shape index (κ1) is 21.8. The molecule has 36 heavy (non-hydrogen) atoms. The number of ketones is 1. The summed E-state index contributed by atoms with van der Waals surface area (Å²) < 4.78 is 19.0. The molecular formula is C28H21FN4O3. The van der Waals surface area contributed by atoms with Gasteiger partial charge in [-0.3, -0.25) is 19.5 Å². The van der Waals surface area contributed by atoms with Crippen molar-refractivity contribution in [2.45, 2.75) is 12.3 Å². The van der Waals surface area contributed by atoms with Gasteiger partial charge in [-0.05, 0) is 55.5 Å². The van der Waals surface area contributed by atoms with Crippen LogP contribution in [-0.4, -0.2) is 28.8 Å². The van der Waals surface area contributed by atoms with Gasteiger partial charge in [0.15, 0.2) is 0 Å². The molecular weight excluding hydrogens is 459 g/mol. The average Bonchev–Trinajstić information content (AvgIpc) is 3.37. The molecule has 5 aromatic rings.